The quantitative estimate of drug-likeness (QED) is 0.546. The van der Waals surface area contributed by atoms with Gasteiger partial charge >= 0.3 is 0 Å². The van der Waals surface area contributed by atoms with Crippen molar-refractivity contribution in [1.82, 2.24) is 19.5 Å². The van der Waals surface area contributed by atoms with Crippen molar-refractivity contribution in [3.63, 3.8) is 0 Å². The molecule has 1 saturated carbocycles. The summed E-state index contributed by atoms with van der Waals surface area (Å²) in [6.07, 6.45) is 7.45. The van der Waals surface area contributed by atoms with Gasteiger partial charge in [0.2, 0.25) is 10.0 Å². The molecule has 3 aromatic rings. The van der Waals surface area contributed by atoms with E-state index in [1.54, 1.807) is 10.9 Å². The summed E-state index contributed by atoms with van der Waals surface area (Å²) in [5, 5.41) is 11.5. The van der Waals surface area contributed by atoms with E-state index in [2.05, 4.69) is 19.7 Å². The molecule has 0 radical (unpaired) electrons. The summed E-state index contributed by atoms with van der Waals surface area (Å²) in [5.41, 5.74) is 0.969. The van der Waals surface area contributed by atoms with E-state index in [9.17, 15) is 13.5 Å². The van der Waals surface area contributed by atoms with Crippen LogP contribution in [-0.2, 0) is 27.9 Å². The molecule has 1 aromatic carbocycles. The van der Waals surface area contributed by atoms with Crippen LogP contribution in [-0.4, -0.2) is 51.5 Å². The summed E-state index contributed by atoms with van der Waals surface area (Å²) < 4.78 is 33.3. The third-order valence-electron chi connectivity index (χ3n) is 5.73. The van der Waals surface area contributed by atoms with Gasteiger partial charge in [0.15, 0.2) is 17.0 Å². The van der Waals surface area contributed by atoms with Gasteiger partial charge in [-0.2, -0.15) is 0 Å². The van der Waals surface area contributed by atoms with Crippen LogP contribution in [0.5, 0.6) is 0 Å². The van der Waals surface area contributed by atoms with Crippen molar-refractivity contribution in [1.29, 1.82) is 0 Å². The smallest absolute Gasteiger partial charge is 0.231 e. The zero-order chi connectivity index (χ0) is 21.9. The van der Waals surface area contributed by atoms with Gasteiger partial charge < -0.3 is 14.4 Å². The molecule has 10 heteroatoms. The van der Waals surface area contributed by atoms with Gasteiger partial charge in [-0.05, 0) is 18.4 Å². The number of anilines is 1. The Morgan fingerprint density at radius 2 is 2.03 bits per heavy atom. The zero-order valence-electron chi connectivity index (χ0n) is 17.4. The maximum Gasteiger partial charge on any atom is 0.231 e. The standard InChI is InChI=1S/C21H27N5O4S/c1-31(28,29)25-19-18-20(23-14-22-19)26(15-24-18)13-21(27)10-6-5-9-17(21)12-30-11-16-7-3-2-4-8-16/h2-4,7-8,14-15,17,27H,5-6,9-13H2,1H3,(H,22,23,25). The lowest BCUT2D eigenvalue weighted by molar-refractivity contribution is -0.0917. The zero-order valence-corrected chi connectivity index (χ0v) is 18.3. The molecule has 2 unspecified atom stereocenters. The fourth-order valence-electron chi connectivity index (χ4n) is 4.18. The molecule has 4 rings (SSSR count). The van der Waals surface area contributed by atoms with Crippen molar-refractivity contribution in [2.75, 3.05) is 17.6 Å². The Hall–Kier alpha value is -2.56. The minimum absolute atomic E-state index is 0.0159. The minimum atomic E-state index is -3.50. The number of aliphatic hydroxyl groups is 1. The first kappa shape index (κ1) is 21.7. The molecule has 0 amide bonds. The SMILES string of the molecule is CS(=O)(=O)Nc1ncnc2c1ncn2CC1(O)CCCCC1COCc1ccccc1. The molecule has 2 heterocycles. The number of sulfonamides is 1. The summed E-state index contributed by atoms with van der Waals surface area (Å²) >= 11 is 0. The predicted molar refractivity (Wildman–Crippen MR) is 117 cm³/mol. The van der Waals surface area contributed by atoms with Gasteiger partial charge in [-0.1, -0.05) is 43.2 Å². The van der Waals surface area contributed by atoms with E-state index in [1.165, 1.54) is 6.33 Å². The maximum atomic E-state index is 11.6. The van der Waals surface area contributed by atoms with Gasteiger partial charge in [0.05, 0.1) is 37.9 Å². The molecule has 1 aliphatic rings. The van der Waals surface area contributed by atoms with Crippen LogP contribution in [0.25, 0.3) is 11.2 Å². The van der Waals surface area contributed by atoms with Crippen LogP contribution in [0.2, 0.25) is 0 Å². The van der Waals surface area contributed by atoms with Crippen molar-refractivity contribution in [3.05, 3.63) is 48.5 Å². The van der Waals surface area contributed by atoms with Crippen molar-refractivity contribution in [2.24, 2.45) is 5.92 Å². The lowest BCUT2D eigenvalue weighted by Gasteiger charge is -2.40. The molecule has 0 aliphatic heterocycles. The summed E-state index contributed by atoms with van der Waals surface area (Å²) in [6.45, 7) is 1.28. The van der Waals surface area contributed by atoms with Gasteiger partial charge in [-0.3, -0.25) is 4.72 Å². The first-order valence-corrected chi connectivity index (χ1v) is 12.2. The van der Waals surface area contributed by atoms with Gasteiger partial charge in [0.1, 0.15) is 6.33 Å². The topological polar surface area (TPSA) is 119 Å². The van der Waals surface area contributed by atoms with Crippen LogP contribution >= 0.6 is 0 Å². The number of fused-ring (bicyclic) bond motifs is 1. The second-order valence-corrected chi connectivity index (χ2v) is 9.94. The molecular formula is C21H27N5O4S. The molecule has 0 saturated heterocycles. The lowest BCUT2D eigenvalue weighted by Crippen LogP contribution is -2.46. The molecular weight excluding hydrogens is 418 g/mol. The molecule has 0 bridgehead atoms. The highest BCUT2D eigenvalue weighted by Crippen LogP contribution is 2.36. The Morgan fingerprint density at radius 1 is 1.23 bits per heavy atom. The first-order chi connectivity index (χ1) is 14.8. The monoisotopic (exact) mass is 445 g/mol. The minimum Gasteiger partial charge on any atom is -0.388 e. The number of benzene rings is 1. The van der Waals surface area contributed by atoms with Crippen LogP contribution in [0.3, 0.4) is 0 Å². The number of nitrogens with one attached hydrogen (secondary N) is 1. The molecule has 1 aliphatic carbocycles. The third kappa shape index (κ3) is 5.20. The first-order valence-electron chi connectivity index (χ1n) is 10.3. The lowest BCUT2D eigenvalue weighted by atomic mass is 9.75. The molecule has 9 nitrogen and oxygen atoms in total. The van der Waals surface area contributed by atoms with Gasteiger partial charge in [0.25, 0.3) is 0 Å². The van der Waals surface area contributed by atoms with Crippen LogP contribution in [0.15, 0.2) is 43.0 Å². The van der Waals surface area contributed by atoms with Crippen LogP contribution in [0.4, 0.5) is 5.82 Å². The fourth-order valence-corrected chi connectivity index (χ4v) is 4.68. The highest BCUT2D eigenvalue weighted by atomic mass is 32.2. The highest BCUT2D eigenvalue weighted by molar-refractivity contribution is 7.92. The number of hydrogen-bond donors (Lipinski definition) is 2. The largest absolute Gasteiger partial charge is 0.388 e. The number of ether oxygens (including phenoxy) is 1. The Kier molecular flexibility index (Phi) is 6.22. The summed E-state index contributed by atoms with van der Waals surface area (Å²) in [7, 11) is -3.50. The third-order valence-corrected chi connectivity index (χ3v) is 6.29. The average molecular weight is 446 g/mol. The van der Waals surface area contributed by atoms with E-state index in [1.807, 2.05) is 30.3 Å². The fraction of sp³-hybridized carbons (Fsp3) is 0.476. The Bertz CT molecular complexity index is 1140. The van der Waals surface area contributed by atoms with E-state index in [0.29, 0.717) is 37.3 Å². The average Bonchev–Trinajstić information content (AvgIpc) is 3.13. The Balaban J connectivity index is 1.50. The molecule has 2 atom stereocenters. The van der Waals surface area contributed by atoms with Gasteiger partial charge in [-0.15, -0.1) is 0 Å². The van der Waals surface area contributed by atoms with Crippen molar-refractivity contribution >= 4 is 27.0 Å². The molecule has 2 N–H and O–H groups in total. The second kappa shape index (κ2) is 8.89. The number of rotatable bonds is 8. The van der Waals surface area contributed by atoms with E-state index in [-0.39, 0.29) is 11.7 Å². The molecule has 31 heavy (non-hydrogen) atoms. The molecule has 2 aromatic heterocycles. The Morgan fingerprint density at radius 3 is 2.81 bits per heavy atom. The molecule has 166 valence electrons. The Labute approximate surface area is 181 Å². The predicted octanol–water partition coefficient (Wildman–Crippen LogP) is 2.34. The van der Waals surface area contributed by atoms with Crippen LogP contribution < -0.4 is 4.72 Å². The van der Waals surface area contributed by atoms with Gasteiger partial charge in [0, 0.05) is 5.92 Å². The number of nitrogens with zero attached hydrogens (tertiary/aromatic N) is 4. The van der Waals surface area contributed by atoms with E-state index < -0.39 is 15.6 Å². The van der Waals surface area contributed by atoms with Crippen molar-refractivity contribution in [3.8, 4) is 0 Å². The van der Waals surface area contributed by atoms with E-state index >= 15 is 0 Å². The van der Waals surface area contributed by atoms with E-state index in [4.69, 9.17) is 4.74 Å². The molecule has 1 fully saturated rings. The van der Waals surface area contributed by atoms with Crippen molar-refractivity contribution in [2.45, 2.75) is 44.4 Å². The number of hydrogen-bond acceptors (Lipinski definition) is 7. The summed E-state index contributed by atoms with van der Waals surface area (Å²) in [4.78, 5) is 12.6. The maximum absolute atomic E-state index is 11.6. The summed E-state index contributed by atoms with van der Waals surface area (Å²) in [5.74, 6) is 0.113. The van der Waals surface area contributed by atoms with Crippen molar-refractivity contribution < 1.29 is 18.3 Å². The number of aromatic nitrogens is 4. The van der Waals surface area contributed by atoms with E-state index in [0.717, 1.165) is 31.1 Å². The number of imidazole rings is 1. The van der Waals surface area contributed by atoms with Crippen LogP contribution in [0.1, 0.15) is 31.2 Å². The molecule has 0 spiro atoms. The normalized spacial score (nSPS) is 21.9. The van der Waals surface area contributed by atoms with Crippen LogP contribution in [0, 0.1) is 5.92 Å². The summed E-state index contributed by atoms with van der Waals surface area (Å²) in [6, 6.07) is 9.97. The van der Waals surface area contributed by atoms with Gasteiger partial charge in [-0.25, -0.2) is 23.4 Å². The highest BCUT2D eigenvalue weighted by Gasteiger charge is 2.39. The second-order valence-electron chi connectivity index (χ2n) is 8.19.